The molecule has 3 rings (SSSR count). The van der Waals surface area contributed by atoms with Crippen molar-refractivity contribution in [3.63, 3.8) is 0 Å². The average Bonchev–Trinajstić information content (AvgIpc) is 3.02. The molecular weight excluding hydrogens is 269 g/mol. The molecule has 1 N–H and O–H groups in total. The molecule has 0 unspecified atom stereocenters. The van der Waals surface area contributed by atoms with E-state index >= 15 is 0 Å². The molecule has 4 nitrogen and oxygen atoms in total. The minimum atomic E-state index is -0.617. The van der Waals surface area contributed by atoms with Crippen molar-refractivity contribution in [3.8, 4) is 0 Å². The predicted octanol–water partition coefficient (Wildman–Crippen LogP) is 3.07. The number of rotatable bonds is 3. The fraction of sp³-hybridized carbons (Fsp3) is 0.250. The number of halogens is 1. The third-order valence-electron chi connectivity index (χ3n) is 3.62. The number of carbonyl (C=O) groups is 1. The Morgan fingerprint density at radius 3 is 2.71 bits per heavy atom. The molecule has 108 valence electrons. The maximum absolute atomic E-state index is 13.6. The minimum Gasteiger partial charge on any atom is -0.370 e. The Labute approximate surface area is 122 Å². The van der Waals surface area contributed by atoms with Crippen molar-refractivity contribution in [1.29, 1.82) is 0 Å². The molecule has 1 fully saturated rings. The summed E-state index contributed by atoms with van der Waals surface area (Å²) in [7, 11) is 0. The third kappa shape index (κ3) is 2.86. The second-order valence-electron chi connectivity index (χ2n) is 5.02. The summed E-state index contributed by atoms with van der Waals surface area (Å²) in [4.78, 5) is 18.1. The van der Waals surface area contributed by atoms with Crippen LogP contribution >= 0.6 is 0 Å². The van der Waals surface area contributed by atoms with Gasteiger partial charge in [-0.05, 0) is 31.0 Å². The van der Waals surface area contributed by atoms with E-state index in [1.54, 1.807) is 0 Å². The van der Waals surface area contributed by atoms with E-state index in [1.807, 2.05) is 24.3 Å². The van der Waals surface area contributed by atoms with Gasteiger partial charge in [-0.2, -0.15) is 0 Å². The molecule has 0 spiro atoms. The summed E-state index contributed by atoms with van der Waals surface area (Å²) in [6.07, 6.45) is 4.76. The lowest BCUT2D eigenvalue weighted by atomic mass is 10.2. The summed E-state index contributed by atoms with van der Waals surface area (Å²) < 4.78 is 13.6. The van der Waals surface area contributed by atoms with Crippen LogP contribution in [0.5, 0.6) is 0 Å². The first-order valence-electron chi connectivity index (χ1n) is 7.00. The highest BCUT2D eigenvalue weighted by molar-refractivity contribution is 6.06. The van der Waals surface area contributed by atoms with Crippen molar-refractivity contribution in [3.05, 3.63) is 54.1 Å². The smallest absolute Gasteiger partial charge is 0.258 e. The largest absolute Gasteiger partial charge is 0.370 e. The molecule has 0 bridgehead atoms. The van der Waals surface area contributed by atoms with Gasteiger partial charge in [-0.3, -0.25) is 9.78 Å². The Kier molecular flexibility index (Phi) is 3.81. The van der Waals surface area contributed by atoms with Gasteiger partial charge in [0.25, 0.3) is 5.91 Å². The average molecular weight is 285 g/mol. The van der Waals surface area contributed by atoms with Crippen molar-refractivity contribution in [2.24, 2.45) is 0 Å². The van der Waals surface area contributed by atoms with Gasteiger partial charge in [0.15, 0.2) is 5.82 Å². The van der Waals surface area contributed by atoms with Gasteiger partial charge < -0.3 is 10.2 Å². The number of nitrogens with zero attached hydrogens (tertiary/aromatic N) is 2. The lowest BCUT2D eigenvalue weighted by molar-refractivity contribution is 0.102. The lowest BCUT2D eigenvalue weighted by Crippen LogP contribution is -2.21. The topological polar surface area (TPSA) is 45.2 Å². The van der Waals surface area contributed by atoms with E-state index in [1.165, 1.54) is 12.3 Å². The first-order valence-corrected chi connectivity index (χ1v) is 7.00. The number of carbonyl (C=O) groups excluding carboxylic acids is 1. The number of hydrogen-bond donors (Lipinski definition) is 1. The quantitative estimate of drug-likeness (QED) is 0.942. The summed E-state index contributed by atoms with van der Waals surface area (Å²) in [6, 6.07) is 8.99. The first-order chi connectivity index (χ1) is 10.3. The van der Waals surface area contributed by atoms with Crippen LogP contribution in [0, 0.1) is 5.82 Å². The van der Waals surface area contributed by atoms with Crippen molar-refractivity contribution >= 4 is 17.3 Å². The molecule has 0 aliphatic carbocycles. The fourth-order valence-corrected chi connectivity index (χ4v) is 2.56. The van der Waals surface area contributed by atoms with Crippen molar-refractivity contribution in [2.45, 2.75) is 12.8 Å². The van der Waals surface area contributed by atoms with Gasteiger partial charge in [0.1, 0.15) is 0 Å². The zero-order chi connectivity index (χ0) is 14.7. The van der Waals surface area contributed by atoms with Crippen LogP contribution in [-0.4, -0.2) is 24.0 Å². The van der Waals surface area contributed by atoms with Crippen molar-refractivity contribution in [1.82, 2.24) is 4.98 Å². The van der Waals surface area contributed by atoms with Crippen LogP contribution in [-0.2, 0) is 0 Å². The Morgan fingerprint density at radius 2 is 1.95 bits per heavy atom. The van der Waals surface area contributed by atoms with Crippen LogP contribution < -0.4 is 10.2 Å². The summed E-state index contributed by atoms with van der Waals surface area (Å²) in [5.74, 6) is -1.07. The van der Waals surface area contributed by atoms with E-state index in [0.717, 1.165) is 37.8 Å². The number of aromatic nitrogens is 1. The molecule has 1 aliphatic rings. The molecule has 2 heterocycles. The SMILES string of the molecule is O=C(Nc1ccccc1N1CCCC1)c1ccncc1F. The highest BCUT2D eigenvalue weighted by atomic mass is 19.1. The second kappa shape index (κ2) is 5.91. The standard InChI is InChI=1S/C16H16FN3O/c17-13-11-18-8-7-12(13)16(21)19-14-5-1-2-6-15(14)20-9-3-4-10-20/h1-2,5-8,11H,3-4,9-10H2,(H,19,21). The van der Waals surface area contributed by atoms with Crippen molar-refractivity contribution in [2.75, 3.05) is 23.3 Å². The minimum absolute atomic E-state index is 0.00113. The molecule has 1 amide bonds. The molecule has 2 aromatic rings. The molecule has 0 atom stereocenters. The summed E-state index contributed by atoms with van der Waals surface area (Å²) in [5.41, 5.74) is 1.69. The van der Waals surface area contributed by atoms with Crippen LogP contribution in [0.15, 0.2) is 42.7 Å². The van der Waals surface area contributed by atoms with Gasteiger partial charge in [0.05, 0.1) is 23.1 Å². The molecule has 1 aliphatic heterocycles. The van der Waals surface area contributed by atoms with Gasteiger partial charge in [0, 0.05) is 19.3 Å². The van der Waals surface area contributed by atoms with E-state index in [0.29, 0.717) is 5.69 Å². The Morgan fingerprint density at radius 1 is 1.19 bits per heavy atom. The Hall–Kier alpha value is -2.43. The molecule has 1 saturated heterocycles. The molecule has 0 saturated carbocycles. The number of amides is 1. The zero-order valence-electron chi connectivity index (χ0n) is 11.6. The molecule has 0 radical (unpaired) electrons. The maximum Gasteiger partial charge on any atom is 0.258 e. The van der Waals surface area contributed by atoms with E-state index < -0.39 is 11.7 Å². The van der Waals surface area contributed by atoms with Crippen LogP contribution in [0.2, 0.25) is 0 Å². The number of benzene rings is 1. The molecule has 1 aromatic heterocycles. The molecule has 21 heavy (non-hydrogen) atoms. The number of nitrogens with one attached hydrogen (secondary N) is 1. The molecule has 1 aromatic carbocycles. The summed E-state index contributed by atoms with van der Waals surface area (Å²) in [5, 5.41) is 2.80. The normalized spacial score (nSPS) is 14.2. The fourth-order valence-electron chi connectivity index (χ4n) is 2.56. The van der Waals surface area contributed by atoms with Gasteiger partial charge in [0.2, 0.25) is 0 Å². The van der Waals surface area contributed by atoms with E-state index in [9.17, 15) is 9.18 Å². The number of anilines is 2. The van der Waals surface area contributed by atoms with E-state index in [4.69, 9.17) is 0 Å². The predicted molar refractivity (Wildman–Crippen MR) is 80.0 cm³/mol. The molecular formula is C16H16FN3O. The first kappa shape index (κ1) is 13.5. The second-order valence-corrected chi connectivity index (χ2v) is 5.02. The number of hydrogen-bond acceptors (Lipinski definition) is 3. The van der Waals surface area contributed by atoms with E-state index in [-0.39, 0.29) is 5.56 Å². The van der Waals surface area contributed by atoms with Crippen LogP contribution in [0.4, 0.5) is 15.8 Å². The van der Waals surface area contributed by atoms with Gasteiger partial charge in [-0.15, -0.1) is 0 Å². The van der Waals surface area contributed by atoms with Crippen LogP contribution in [0.3, 0.4) is 0 Å². The number of para-hydroxylation sites is 2. The highest BCUT2D eigenvalue weighted by Crippen LogP contribution is 2.29. The Balaban J connectivity index is 1.85. The summed E-state index contributed by atoms with van der Waals surface area (Å²) >= 11 is 0. The third-order valence-corrected chi connectivity index (χ3v) is 3.62. The monoisotopic (exact) mass is 285 g/mol. The summed E-state index contributed by atoms with van der Waals surface area (Å²) in [6.45, 7) is 1.97. The van der Waals surface area contributed by atoms with Crippen molar-refractivity contribution < 1.29 is 9.18 Å². The van der Waals surface area contributed by atoms with E-state index in [2.05, 4.69) is 15.2 Å². The van der Waals surface area contributed by atoms with Crippen LogP contribution in [0.1, 0.15) is 23.2 Å². The van der Waals surface area contributed by atoms with Gasteiger partial charge in [-0.1, -0.05) is 12.1 Å². The van der Waals surface area contributed by atoms with Gasteiger partial charge in [-0.25, -0.2) is 4.39 Å². The Bertz CT molecular complexity index is 653. The maximum atomic E-state index is 13.6. The zero-order valence-corrected chi connectivity index (χ0v) is 11.6. The molecule has 5 heteroatoms. The van der Waals surface area contributed by atoms with Gasteiger partial charge >= 0.3 is 0 Å². The highest BCUT2D eigenvalue weighted by Gasteiger charge is 2.18. The van der Waals surface area contributed by atoms with Crippen LogP contribution in [0.25, 0.3) is 0 Å². The lowest BCUT2D eigenvalue weighted by Gasteiger charge is -2.21. The number of pyridine rings is 1.